The normalized spacial score (nSPS) is 12.2. The molecule has 0 saturated heterocycles. The van der Waals surface area contributed by atoms with Crippen LogP contribution in [-0.4, -0.2) is 22.8 Å². The third-order valence-corrected chi connectivity index (χ3v) is 5.77. The molecule has 4 nitrogen and oxygen atoms in total. The van der Waals surface area contributed by atoms with Crippen LogP contribution >= 0.6 is 0 Å². The van der Waals surface area contributed by atoms with E-state index in [2.05, 4.69) is 25.1 Å². The second kappa shape index (κ2) is 12.0. The number of methoxy groups -OCH3 is 1. The van der Waals surface area contributed by atoms with Gasteiger partial charge in [0.15, 0.2) is 0 Å². The molecule has 0 radical (unpaired) electrons. The van der Waals surface area contributed by atoms with E-state index in [0.717, 1.165) is 51.4 Å². The Hall–Kier alpha value is -3.92. The quantitative estimate of drug-likeness (QED) is 0.192. The number of carbonyl (C=O) groups excluding carboxylic acids is 1. The fourth-order valence-corrected chi connectivity index (χ4v) is 3.92. The number of aromatic nitrogens is 2. The Morgan fingerprint density at radius 3 is 2.09 bits per heavy atom. The van der Waals surface area contributed by atoms with Crippen LogP contribution < -0.4 is 0 Å². The highest BCUT2D eigenvalue weighted by Gasteiger charge is 2.24. The zero-order valence-electron chi connectivity index (χ0n) is 21.5. The first-order valence-electron chi connectivity index (χ1n) is 11.9. The lowest BCUT2D eigenvalue weighted by molar-refractivity contribution is 0.0940. The maximum absolute atomic E-state index is 14.1. The number of hydrogen-bond acceptors (Lipinski definition) is 3. The number of carbonyl (C=O) groups is 1. The van der Waals surface area contributed by atoms with E-state index < -0.39 is 0 Å². The van der Waals surface area contributed by atoms with E-state index in [4.69, 9.17) is 9.84 Å². The first kappa shape index (κ1) is 25.7. The van der Waals surface area contributed by atoms with E-state index in [-0.39, 0.29) is 5.91 Å². The number of rotatable bonds is 8. The van der Waals surface area contributed by atoms with Crippen molar-refractivity contribution < 1.29 is 9.53 Å². The summed E-state index contributed by atoms with van der Waals surface area (Å²) in [6.07, 6.45) is 8.73. The van der Waals surface area contributed by atoms with Crippen LogP contribution in [-0.2, 0) is 4.74 Å². The Kier molecular flexibility index (Phi) is 8.80. The van der Waals surface area contributed by atoms with Gasteiger partial charge in [-0.25, -0.2) is 0 Å². The molecule has 0 atom stereocenters. The third-order valence-electron chi connectivity index (χ3n) is 5.77. The maximum atomic E-state index is 14.1. The Labute approximate surface area is 209 Å². The molecule has 1 aromatic heterocycles. The number of ether oxygens (including phenoxy) is 1. The van der Waals surface area contributed by atoms with E-state index in [0.29, 0.717) is 5.57 Å². The fraction of sp³-hybridized carbons (Fsp3) is 0.226. The summed E-state index contributed by atoms with van der Waals surface area (Å²) in [7, 11) is 1.64. The average Bonchev–Trinajstić information content (AvgIpc) is 3.22. The molecule has 3 aromatic rings. The van der Waals surface area contributed by atoms with Gasteiger partial charge < -0.3 is 4.74 Å². The highest BCUT2D eigenvalue weighted by Crippen LogP contribution is 2.35. The standard InChI is InChI=1S/C31H34N2O2/c1-7-8-15-26(21-20-23(4)35-6)28(22(2)3)31(34)33-24(5)29(25-16-11-9-12-17-25)30(32-33)27-18-13-10-14-19-27/h8-21H,7H2,1-6H3/b15-8+,23-20+,26-21+. The Morgan fingerprint density at radius 1 is 0.943 bits per heavy atom. The fourth-order valence-electron chi connectivity index (χ4n) is 3.92. The minimum atomic E-state index is -0.155. The third kappa shape index (κ3) is 5.96. The topological polar surface area (TPSA) is 44.1 Å². The summed E-state index contributed by atoms with van der Waals surface area (Å²) in [4.78, 5) is 14.1. The minimum absolute atomic E-state index is 0.155. The first-order chi connectivity index (χ1) is 16.9. The van der Waals surface area contributed by atoms with Crippen molar-refractivity contribution in [2.24, 2.45) is 0 Å². The average molecular weight is 467 g/mol. The van der Waals surface area contributed by atoms with Gasteiger partial charge in [0.05, 0.1) is 18.6 Å². The van der Waals surface area contributed by atoms with Crippen LogP contribution in [0.25, 0.3) is 22.4 Å². The van der Waals surface area contributed by atoms with Gasteiger partial charge in [-0.3, -0.25) is 4.79 Å². The molecule has 0 spiro atoms. The molecule has 0 aliphatic carbocycles. The molecule has 4 heteroatoms. The summed E-state index contributed by atoms with van der Waals surface area (Å²) >= 11 is 0. The van der Waals surface area contributed by atoms with E-state index in [1.54, 1.807) is 11.8 Å². The van der Waals surface area contributed by atoms with Gasteiger partial charge in [-0.05, 0) is 51.3 Å². The number of hydrogen-bond donors (Lipinski definition) is 0. The Balaban J connectivity index is 2.23. The maximum Gasteiger partial charge on any atom is 0.278 e. The first-order valence-corrected chi connectivity index (χ1v) is 11.9. The van der Waals surface area contributed by atoms with Crippen molar-refractivity contribution >= 4 is 5.91 Å². The van der Waals surface area contributed by atoms with Crippen LogP contribution in [0.3, 0.4) is 0 Å². The van der Waals surface area contributed by atoms with Crippen LogP contribution in [0.2, 0.25) is 0 Å². The van der Waals surface area contributed by atoms with Crippen molar-refractivity contribution in [2.75, 3.05) is 7.11 Å². The van der Waals surface area contributed by atoms with Crippen LogP contribution in [0.1, 0.15) is 44.6 Å². The summed E-state index contributed by atoms with van der Waals surface area (Å²) in [5, 5.41) is 4.88. The van der Waals surface area contributed by atoms with Crippen molar-refractivity contribution in [3.63, 3.8) is 0 Å². The van der Waals surface area contributed by atoms with Gasteiger partial charge in [0, 0.05) is 16.7 Å². The van der Waals surface area contributed by atoms with Gasteiger partial charge >= 0.3 is 0 Å². The smallest absolute Gasteiger partial charge is 0.278 e. The van der Waals surface area contributed by atoms with Crippen molar-refractivity contribution in [1.29, 1.82) is 0 Å². The predicted octanol–water partition coefficient (Wildman–Crippen LogP) is 7.94. The van der Waals surface area contributed by atoms with Crippen molar-refractivity contribution in [3.05, 3.63) is 113 Å². The molecular weight excluding hydrogens is 432 g/mol. The molecule has 0 saturated carbocycles. The van der Waals surface area contributed by atoms with E-state index in [1.165, 1.54) is 0 Å². The van der Waals surface area contributed by atoms with E-state index >= 15 is 0 Å². The zero-order valence-corrected chi connectivity index (χ0v) is 21.5. The molecule has 2 aromatic carbocycles. The van der Waals surface area contributed by atoms with E-state index in [9.17, 15) is 4.79 Å². The van der Waals surface area contributed by atoms with Crippen LogP contribution in [0, 0.1) is 6.92 Å². The lowest BCUT2D eigenvalue weighted by Crippen LogP contribution is -2.18. The molecular formula is C31H34N2O2. The van der Waals surface area contributed by atoms with Gasteiger partial charge in [0.1, 0.15) is 5.69 Å². The van der Waals surface area contributed by atoms with E-state index in [1.807, 2.05) is 94.5 Å². The Morgan fingerprint density at radius 2 is 1.54 bits per heavy atom. The van der Waals surface area contributed by atoms with Gasteiger partial charge in [-0.2, -0.15) is 9.78 Å². The van der Waals surface area contributed by atoms with Crippen molar-refractivity contribution in [2.45, 2.75) is 41.0 Å². The lowest BCUT2D eigenvalue weighted by atomic mass is 9.98. The van der Waals surface area contributed by atoms with Gasteiger partial charge in [-0.15, -0.1) is 0 Å². The number of allylic oxidation sites excluding steroid dienone is 8. The summed E-state index contributed by atoms with van der Waals surface area (Å²) in [6, 6.07) is 20.1. The van der Waals surface area contributed by atoms with Crippen LogP contribution in [0.4, 0.5) is 0 Å². The molecule has 0 unspecified atom stereocenters. The molecule has 180 valence electrons. The molecule has 0 aliphatic rings. The van der Waals surface area contributed by atoms with Gasteiger partial charge in [-0.1, -0.05) is 91.4 Å². The molecule has 3 rings (SSSR count). The molecule has 35 heavy (non-hydrogen) atoms. The van der Waals surface area contributed by atoms with Crippen molar-refractivity contribution in [1.82, 2.24) is 9.78 Å². The summed E-state index contributed by atoms with van der Waals surface area (Å²) in [6.45, 7) is 9.84. The summed E-state index contributed by atoms with van der Waals surface area (Å²) in [5.74, 6) is 0.610. The van der Waals surface area contributed by atoms with Gasteiger partial charge in [0.25, 0.3) is 5.91 Å². The summed E-state index contributed by atoms with van der Waals surface area (Å²) in [5.41, 5.74) is 6.93. The Bertz CT molecular complexity index is 1290. The second-order valence-corrected chi connectivity index (χ2v) is 8.55. The molecule has 0 fully saturated rings. The second-order valence-electron chi connectivity index (χ2n) is 8.55. The zero-order chi connectivity index (χ0) is 25.4. The highest BCUT2D eigenvalue weighted by atomic mass is 16.5. The monoisotopic (exact) mass is 466 g/mol. The highest BCUT2D eigenvalue weighted by molar-refractivity contribution is 6.02. The molecule has 0 aliphatic heterocycles. The lowest BCUT2D eigenvalue weighted by Gasteiger charge is -2.12. The van der Waals surface area contributed by atoms with Crippen molar-refractivity contribution in [3.8, 4) is 22.4 Å². The minimum Gasteiger partial charge on any atom is -0.501 e. The molecule has 0 bridgehead atoms. The predicted molar refractivity (Wildman–Crippen MR) is 145 cm³/mol. The number of benzene rings is 2. The van der Waals surface area contributed by atoms with Gasteiger partial charge in [0.2, 0.25) is 0 Å². The SMILES string of the molecule is CC/C=C/C(=C\C=C(/C)OC)C(C(=O)n1nc(-c2ccccc2)c(-c2ccccc2)c1C)=C(C)C. The molecule has 0 N–H and O–H groups in total. The van der Waals surface area contributed by atoms with Crippen LogP contribution in [0.15, 0.2) is 107 Å². The largest absolute Gasteiger partial charge is 0.501 e. The molecule has 1 heterocycles. The summed E-state index contributed by atoms with van der Waals surface area (Å²) < 4.78 is 6.85. The molecule has 0 amide bonds. The number of nitrogens with zero attached hydrogens (tertiary/aromatic N) is 2. The van der Waals surface area contributed by atoms with Crippen LogP contribution in [0.5, 0.6) is 0 Å².